The molecule has 1 aromatic carbocycles. The fraction of sp³-hybridized carbons (Fsp3) is 0.231. The molecule has 1 heterocycles. The number of nitrogens with two attached hydrogens (primary N) is 1. The number of aliphatic hydroxyl groups is 1. The van der Waals surface area contributed by atoms with E-state index in [9.17, 15) is 13.2 Å². The minimum Gasteiger partial charge on any atom is -0.395 e. The summed E-state index contributed by atoms with van der Waals surface area (Å²) >= 11 is 0. The third kappa shape index (κ3) is 4.22. The maximum atomic E-state index is 12.5. The van der Waals surface area contributed by atoms with Gasteiger partial charge in [-0.05, 0) is 24.3 Å². The van der Waals surface area contributed by atoms with Crippen LogP contribution in [0.1, 0.15) is 5.56 Å². The van der Waals surface area contributed by atoms with Crippen LogP contribution in [0.2, 0.25) is 0 Å². The first kappa shape index (κ1) is 15.8. The first-order valence-electron chi connectivity index (χ1n) is 6.32. The van der Waals surface area contributed by atoms with E-state index in [1.54, 1.807) is 0 Å². The van der Waals surface area contributed by atoms with Crippen molar-refractivity contribution < 1.29 is 18.3 Å². The molecule has 6 nitrogen and oxygen atoms in total. The summed E-state index contributed by atoms with van der Waals surface area (Å²) in [5.74, 6) is 0.723. The molecular formula is C13H14F3N5O. The van der Waals surface area contributed by atoms with E-state index in [4.69, 9.17) is 10.8 Å². The second kappa shape index (κ2) is 6.48. The molecule has 22 heavy (non-hydrogen) atoms. The molecule has 0 atom stereocenters. The Morgan fingerprint density at radius 1 is 1.09 bits per heavy atom. The molecule has 2 aromatic rings. The molecule has 118 valence electrons. The molecule has 0 aliphatic heterocycles. The van der Waals surface area contributed by atoms with Crippen molar-refractivity contribution in [3.8, 4) is 0 Å². The lowest BCUT2D eigenvalue weighted by molar-refractivity contribution is -0.137. The lowest BCUT2D eigenvalue weighted by Gasteiger charge is -2.11. The zero-order chi connectivity index (χ0) is 16.2. The Morgan fingerprint density at radius 3 is 2.32 bits per heavy atom. The van der Waals surface area contributed by atoms with Gasteiger partial charge in [0.2, 0.25) is 5.95 Å². The smallest absolute Gasteiger partial charge is 0.395 e. The highest BCUT2D eigenvalue weighted by molar-refractivity contribution is 5.61. The number of hydrogen-bond acceptors (Lipinski definition) is 6. The number of nitrogens with one attached hydrogen (secondary N) is 2. The van der Waals surface area contributed by atoms with Gasteiger partial charge in [-0.3, -0.25) is 0 Å². The third-order valence-corrected chi connectivity index (χ3v) is 2.65. The standard InChI is InChI=1S/C13H14F3N5O/c14-13(15,16)8-1-3-9(4-2-8)19-11-7-10(18-5-6-22)20-12(17)21-11/h1-4,7,22H,5-6H2,(H4,17,18,19,20,21). The summed E-state index contributed by atoms with van der Waals surface area (Å²) in [7, 11) is 0. The number of nitrogen functional groups attached to an aromatic ring is 1. The Balaban J connectivity index is 2.14. The Kier molecular flexibility index (Phi) is 4.66. The van der Waals surface area contributed by atoms with E-state index in [-0.39, 0.29) is 19.1 Å². The zero-order valence-electron chi connectivity index (χ0n) is 11.4. The number of rotatable bonds is 5. The van der Waals surface area contributed by atoms with Crippen molar-refractivity contribution in [2.45, 2.75) is 6.18 Å². The summed E-state index contributed by atoms with van der Waals surface area (Å²) in [6, 6.07) is 6.06. The molecule has 0 saturated carbocycles. The fourth-order valence-electron chi connectivity index (χ4n) is 1.69. The maximum absolute atomic E-state index is 12.5. The molecule has 0 bridgehead atoms. The quantitative estimate of drug-likeness (QED) is 0.676. The number of benzene rings is 1. The van der Waals surface area contributed by atoms with E-state index < -0.39 is 11.7 Å². The van der Waals surface area contributed by atoms with Crippen LogP contribution in [0.3, 0.4) is 0 Å². The maximum Gasteiger partial charge on any atom is 0.416 e. The molecule has 0 saturated heterocycles. The Bertz CT molecular complexity index is 631. The normalized spacial score (nSPS) is 11.3. The predicted molar refractivity (Wildman–Crippen MR) is 76.7 cm³/mol. The highest BCUT2D eigenvalue weighted by atomic mass is 19.4. The molecule has 0 radical (unpaired) electrons. The van der Waals surface area contributed by atoms with Gasteiger partial charge in [-0.1, -0.05) is 0 Å². The molecule has 9 heteroatoms. The number of nitrogens with zero attached hydrogens (tertiary/aromatic N) is 2. The van der Waals surface area contributed by atoms with E-state index in [0.717, 1.165) is 12.1 Å². The number of anilines is 4. The van der Waals surface area contributed by atoms with Gasteiger partial charge in [0.1, 0.15) is 11.6 Å². The number of hydrogen-bond donors (Lipinski definition) is 4. The van der Waals surface area contributed by atoms with Crippen molar-refractivity contribution in [1.29, 1.82) is 0 Å². The number of halogens is 3. The van der Waals surface area contributed by atoms with E-state index >= 15 is 0 Å². The van der Waals surface area contributed by atoms with E-state index in [1.807, 2.05) is 0 Å². The summed E-state index contributed by atoms with van der Waals surface area (Å²) in [6.07, 6.45) is -4.38. The molecule has 0 unspecified atom stereocenters. The molecule has 0 spiro atoms. The summed E-state index contributed by atoms with van der Waals surface area (Å²) < 4.78 is 37.5. The number of aromatic nitrogens is 2. The van der Waals surface area contributed by atoms with Gasteiger partial charge in [-0.2, -0.15) is 23.1 Å². The Labute approximate surface area is 124 Å². The lowest BCUT2D eigenvalue weighted by atomic mass is 10.2. The third-order valence-electron chi connectivity index (χ3n) is 2.65. The van der Waals surface area contributed by atoms with Crippen molar-refractivity contribution in [2.75, 3.05) is 29.5 Å². The minimum atomic E-state index is -4.38. The zero-order valence-corrected chi connectivity index (χ0v) is 11.4. The first-order chi connectivity index (χ1) is 10.4. The largest absolute Gasteiger partial charge is 0.416 e. The van der Waals surface area contributed by atoms with Crippen molar-refractivity contribution in [3.63, 3.8) is 0 Å². The van der Waals surface area contributed by atoms with Crippen LogP contribution < -0.4 is 16.4 Å². The second-order valence-electron chi connectivity index (χ2n) is 4.35. The van der Waals surface area contributed by atoms with Crippen molar-refractivity contribution in [2.24, 2.45) is 0 Å². The van der Waals surface area contributed by atoms with Crippen LogP contribution in [-0.4, -0.2) is 28.2 Å². The first-order valence-corrected chi connectivity index (χ1v) is 6.32. The van der Waals surface area contributed by atoms with Crippen LogP contribution in [0, 0.1) is 0 Å². The van der Waals surface area contributed by atoms with Crippen LogP contribution in [0.15, 0.2) is 30.3 Å². The minimum absolute atomic E-state index is 0.00245. The summed E-state index contributed by atoms with van der Waals surface area (Å²) in [6.45, 7) is 0.210. The topological polar surface area (TPSA) is 96.1 Å². The highest BCUT2D eigenvalue weighted by Gasteiger charge is 2.29. The summed E-state index contributed by atoms with van der Waals surface area (Å²) in [5.41, 5.74) is 5.25. The average Bonchev–Trinajstić information content (AvgIpc) is 2.44. The Hall–Kier alpha value is -2.55. The number of alkyl halides is 3. The molecule has 0 fully saturated rings. The van der Waals surface area contributed by atoms with Crippen LogP contribution >= 0.6 is 0 Å². The monoisotopic (exact) mass is 313 g/mol. The van der Waals surface area contributed by atoms with Crippen molar-refractivity contribution in [1.82, 2.24) is 9.97 Å². The molecular weight excluding hydrogens is 299 g/mol. The summed E-state index contributed by atoms with van der Waals surface area (Å²) in [4.78, 5) is 7.85. The highest BCUT2D eigenvalue weighted by Crippen LogP contribution is 2.30. The second-order valence-corrected chi connectivity index (χ2v) is 4.35. The van der Waals surface area contributed by atoms with Crippen molar-refractivity contribution >= 4 is 23.3 Å². The van der Waals surface area contributed by atoms with Gasteiger partial charge < -0.3 is 21.5 Å². The van der Waals surface area contributed by atoms with E-state index in [0.29, 0.717) is 17.3 Å². The van der Waals surface area contributed by atoms with Gasteiger partial charge in [0.05, 0.1) is 12.2 Å². The lowest BCUT2D eigenvalue weighted by Crippen LogP contribution is -2.09. The van der Waals surface area contributed by atoms with Gasteiger partial charge in [0, 0.05) is 18.3 Å². The van der Waals surface area contributed by atoms with Gasteiger partial charge in [0.15, 0.2) is 0 Å². The fourth-order valence-corrected chi connectivity index (χ4v) is 1.69. The molecule has 0 amide bonds. The van der Waals surface area contributed by atoms with Crippen LogP contribution in [0.4, 0.5) is 36.4 Å². The summed E-state index contributed by atoms with van der Waals surface area (Å²) in [5, 5.41) is 14.4. The van der Waals surface area contributed by atoms with Crippen LogP contribution in [0.5, 0.6) is 0 Å². The molecule has 5 N–H and O–H groups in total. The van der Waals surface area contributed by atoms with Gasteiger partial charge >= 0.3 is 6.18 Å². The molecule has 0 aliphatic rings. The van der Waals surface area contributed by atoms with Gasteiger partial charge in [-0.15, -0.1) is 0 Å². The number of aliphatic hydroxyl groups excluding tert-OH is 1. The molecule has 1 aromatic heterocycles. The predicted octanol–water partition coefficient (Wildman–Crippen LogP) is 2.23. The van der Waals surface area contributed by atoms with Crippen LogP contribution in [-0.2, 0) is 6.18 Å². The van der Waals surface area contributed by atoms with E-state index in [1.165, 1.54) is 18.2 Å². The molecule has 0 aliphatic carbocycles. The van der Waals surface area contributed by atoms with Gasteiger partial charge in [0.25, 0.3) is 0 Å². The molecule has 2 rings (SSSR count). The van der Waals surface area contributed by atoms with E-state index in [2.05, 4.69) is 20.6 Å². The van der Waals surface area contributed by atoms with Crippen molar-refractivity contribution in [3.05, 3.63) is 35.9 Å². The average molecular weight is 313 g/mol. The van der Waals surface area contributed by atoms with Crippen LogP contribution in [0.25, 0.3) is 0 Å². The SMILES string of the molecule is Nc1nc(NCCO)cc(Nc2ccc(C(F)(F)F)cc2)n1. The Morgan fingerprint density at radius 2 is 1.73 bits per heavy atom. The van der Waals surface area contributed by atoms with Gasteiger partial charge in [-0.25, -0.2) is 0 Å².